The van der Waals surface area contributed by atoms with E-state index in [2.05, 4.69) is 16.7 Å². The number of hydrogen-bond acceptors (Lipinski definition) is 16. The quantitative estimate of drug-likeness (QED) is 0.0884. The summed E-state index contributed by atoms with van der Waals surface area (Å²) in [6, 6.07) is 12.3. The standard InChI is InChI=1S/C69H84N2O12S2/c72-32-40-9-6-8-39(22-40)23-41-24-50-56(76)45-10-7-11-51-55(45)58(77)68(50,52(75)25-41)53(13-18-64(80)16-2-1-3-17-64)85-84-38-71-54-28-49-47(31-70-54)42-26-43-30-63(35-62(29-44(63)33-73)21-20-61(34-62)14-4-5-15-61)36-65(43,49)57-46(27-42)48-12-19-67(82-51)60(79)69(57,81)59(78)66(48,37-74)83-67/h6-11,22,24-25,28,33,42-44,46,48,50,53,57,59-60,70-72,74-75,78-81H,1-5,12-21,23,26-27,29-32,34-38H2/t42-,43-,44+,46-,48+,50-,53+,57-,59-,60+,62+,63-,65-,66+,67-,68+,69+/m1/s1. The monoisotopic (exact) mass is 1200 g/mol. The van der Waals surface area contributed by atoms with Crippen LogP contribution in [-0.2, 0) is 22.6 Å². The Morgan fingerprint density at radius 2 is 1.61 bits per heavy atom. The first-order valence-electron chi connectivity index (χ1n) is 32.5. The number of ketones is 2. The Hall–Kier alpha value is -3.97. The lowest BCUT2D eigenvalue weighted by atomic mass is 9.42. The summed E-state index contributed by atoms with van der Waals surface area (Å²) >= 11 is 0. The molecule has 2 aromatic carbocycles. The smallest absolute Gasteiger partial charge is 0.240 e. The van der Waals surface area contributed by atoms with Crippen LogP contribution in [0.1, 0.15) is 173 Å². The van der Waals surface area contributed by atoms with Crippen molar-refractivity contribution in [1.82, 2.24) is 10.6 Å². The fourth-order valence-corrected chi connectivity index (χ4v) is 26.1. The highest BCUT2D eigenvalue weighted by molar-refractivity contribution is 8.76. The SMILES string of the molecule is O=C[C@@H]1C[C@]2(CCC3(CCCC3)C2)C[C@@]12C[C@H]1C[C@@H]3C[C@H]4[C@@H]5[C@@]1(C2)C1=C3CNC(=C1)NCSS[C@@H](CCC1(O)CCCCC1)[C@]12C(=O)c3c(cccc3C(=O)[C@H]1C=C(Cc1cccc(CO)c1)C=C2O)O[C@]12CC[C@@H]4[C@](CO)(O1)[C@@H](O)[C@]5(O)[C@H]2O. The molecule has 0 amide bonds. The summed E-state index contributed by atoms with van der Waals surface area (Å²) < 4.78 is 14.5. The number of aliphatic hydroxyl groups is 7. The van der Waals surface area contributed by atoms with Crippen LogP contribution < -0.4 is 15.4 Å². The number of aliphatic hydroxyl groups excluding tert-OH is 5. The van der Waals surface area contributed by atoms with Crippen LogP contribution in [0.5, 0.6) is 5.75 Å². The summed E-state index contributed by atoms with van der Waals surface area (Å²) in [6.07, 6.45) is 21.9. The van der Waals surface area contributed by atoms with Gasteiger partial charge in [0.05, 0.1) is 42.0 Å². The van der Waals surface area contributed by atoms with Crippen molar-refractivity contribution in [3.8, 4) is 5.75 Å². The zero-order chi connectivity index (χ0) is 58.3. The molecule has 6 spiro atoms. The van der Waals surface area contributed by atoms with E-state index in [0.29, 0.717) is 73.9 Å². The van der Waals surface area contributed by atoms with E-state index in [9.17, 15) is 40.5 Å². The minimum atomic E-state index is -2.35. The molecule has 0 radical (unpaired) electrons. The second-order valence-electron chi connectivity index (χ2n) is 30.1. The van der Waals surface area contributed by atoms with Crippen LogP contribution in [0.4, 0.5) is 0 Å². The summed E-state index contributed by atoms with van der Waals surface area (Å²) in [4.78, 5) is 46.7. The highest BCUT2D eigenvalue weighted by Crippen LogP contribution is 2.81. The minimum Gasteiger partial charge on any atom is -0.511 e. The van der Waals surface area contributed by atoms with Crippen LogP contribution in [0.25, 0.3) is 0 Å². The lowest BCUT2D eigenvalue weighted by Gasteiger charge is -2.72. The number of Topliss-reactive ketones (excluding diaryl/α,β-unsaturated/α-hetero) is 2. The average molecular weight is 1200 g/mol. The van der Waals surface area contributed by atoms with Gasteiger partial charge in [0.25, 0.3) is 0 Å². The van der Waals surface area contributed by atoms with Crippen molar-refractivity contribution in [2.75, 3.05) is 19.0 Å². The van der Waals surface area contributed by atoms with Crippen LogP contribution in [0.2, 0.25) is 0 Å². The fourth-order valence-electron chi connectivity index (χ4n) is 23.2. The van der Waals surface area contributed by atoms with Gasteiger partial charge >= 0.3 is 0 Å². The molecule has 0 unspecified atom stereocenters. The molecule has 11 aliphatic carbocycles. The topological polar surface area (TPSA) is 235 Å². The Kier molecular flexibility index (Phi) is 12.9. The van der Waals surface area contributed by atoms with Gasteiger partial charge in [0.15, 0.2) is 17.7 Å². The highest BCUT2D eigenvalue weighted by atomic mass is 33.1. The van der Waals surface area contributed by atoms with E-state index >= 15 is 9.59 Å². The zero-order valence-electron chi connectivity index (χ0n) is 48.7. The van der Waals surface area contributed by atoms with Gasteiger partial charge in [-0.15, -0.1) is 0 Å². The van der Waals surface area contributed by atoms with Crippen molar-refractivity contribution in [2.24, 2.45) is 68.5 Å². The van der Waals surface area contributed by atoms with Gasteiger partial charge < -0.3 is 60.6 Å². The molecule has 17 atom stereocenters. The first-order valence-corrected chi connectivity index (χ1v) is 34.8. The number of dihydropyridines is 1. The van der Waals surface area contributed by atoms with Gasteiger partial charge in [0, 0.05) is 41.0 Å². The Morgan fingerprint density at radius 3 is 2.41 bits per heavy atom. The van der Waals surface area contributed by atoms with Gasteiger partial charge in [-0.2, -0.15) is 0 Å². The van der Waals surface area contributed by atoms with Crippen LogP contribution in [0, 0.1) is 68.5 Å². The molecule has 16 heteroatoms. The maximum absolute atomic E-state index is 16.7. The second-order valence-corrected chi connectivity index (χ2v) is 32.7. The van der Waals surface area contributed by atoms with Gasteiger partial charge in [0.1, 0.15) is 40.5 Å². The third-order valence-corrected chi connectivity index (χ3v) is 29.0. The van der Waals surface area contributed by atoms with Gasteiger partial charge in [-0.1, -0.05) is 96.2 Å². The van der Waals surface area contributed by atoms with Crippen molar-refractivity contribution in [2.45, 2.75) is 194 Å². The molecule has 9 N–H and O–H groups in total. The number of hydrogen-bond donors (Lipinski definition) is 9. The van der Waals surface area contributed by atoms with Crippen LogP contribution in [0.3, 0.4) is 0 Å². The lowest BCUT2D eigenvalue weighted by molar-refractivity contribution is -0.461. The van der Waals surface area contributed by atoms with E-state index in [1.807, 2.05) is 30.3 Å². The summed E-state index contributed by atoms with van der Waals surface area (Å²) in [7, 11) is 2.94. The van der Waals surface area contributed by atoms with E-state index in [4.69, 9.17) is 9.47 Å². The molecule has 10 bridgehead atoms. The van der Waals surface area contributed by atoms with E-state index in [1.54, 1.807) is 24.3 Å². The summed E-state index contributed by atoms with van der Waals surface area (Å²) in [5, 5.41) is 96.1. The Bertz CT molecular complexity index is 3290. The van der Waals surface area contributed by atoms with E-state index in [1.165, 1.54) is 65.6 Å². The van der Waals surface area contributed by atoms with Crippen molar-refractivity contribution >= 4 is 39.4 Å². The predicted molar refractivity (Wildman–Crippen MR) is 320 cm³/mol. The number of aldehydes is 1. The van der Waals surface area contributed by atoms with Crippen LogP contribution in [-0.4, -0.2) is 113 Å². The first kappa shape index (κ1) is 56.3. The number of ether oxygens (including phenoxy) is 2. The van der Waals surface area contributed by atoms with Crippen LogP contribution >= 0.6 is 21.6 Å². The number of allylic oxidation sites excluding steroid dienone is 6. The van der Waals surface area contributed by atoms with E-state index in [-0.39, 0.29) is 76.6 Å². The molecule has 14 nitrogen and oxygen atoms in total. The zero-order valence-corrected chi connectivity index (χ0v) is 50.3. The number of rotatable bonds is 8. The summed E-state index contributed by atoms with van der Waals surface area (Å²) in [6.45, 7) is -0.289. The van der Waals surface area contributed by atoms with E-state index in [0.717, 1.165) is 74.7 Å². The summed E-state index contributed by atoms with van der Waals surface area (Å²) in [5.74, 6) is -5.14. The van der Waals surface area contributed by atoms with Gasteiger partial charge in [-0.3, -0.25) is 9.59 Å². The lowest BCUT2D eigenvalue weighted by Crippen LogP contribution is -2.88. The molecule has 4 aliphatic heterocycles. The minimum absolute atomic E-state index is 0.00487. The number of benzene rings is 2. The molecule has 0 aromatic heterocycles. The molecule has 9 fully saturated rings. The number of nitrogens with one attached hydrogen (secondary N) is 2. The van der Waals surface area contributed by atoms with Crippen molar-refractivity contribution in [3.63, 3.8) is 0 Å². The fraction of sp³-hybridized carbons (Fsp3) is 0.667. The molecular formula is C69H84N2O12S2. The van der Waals surface area contributed by atoms with E-state index < -0.39 is 86.8 Å². The maximum Gasteiger partial charge on any atom is 0.240 e. The second kappa shape index (κ2) is 19.5. The van der Waals surface area contributed by atoms with Crippen LogP contribution in [0.15, 0.2) is 89.0 Å². The van der Waals surface area contributed by atoms with Crippen molar-refractivity contribution in [1.29, 1.82) is 0 Å². The van der Waals surface area contributed by atoms with Crippen molar-refractivity contribution in [3.05, 3.63) is 111 Å². The molecule has 85 heavy (non-hydrogen) atoms. The molecule has 7 saturated carbocycles. The number of carbonyl (C=O) groups excluding carboxylic acids is 3. The third-order valence-electron chi connectivity index (χ3n) is 26.3. The molecule has 17 rings (SSSR count). The molecule has 2 saturated heterocycles. The molecule has 4 heterocycles. The Balaban J connectivity index is 0.867. The maximum atomic E-state index is 16.7. The highest BCUT2D eigenvalue weighted by Gasteiger charge is 2.84. The normalized spacial score (nSPS) is 44.8. The Morgan fingerprint density at radius 1 is 0.824 bits per heavy atom. The average Bonchev–Trinajstić information content (AvgIpc) is 1.61. The first-order chi connectivity index (χ1) is 41.0. The summed E-state index contributed by atoms with van der Waals surface area (Å²) in [5.41, 5.74) is -3.25. The third kappa shape index (κ3) is 7.67. The van der Waals surface area contributed by atoms with Crippen molar-refractivity contribution < 1.29 is 59.6 Å². The van der Waals surface area contributed by atoms with Gasteiger partial charge in [-0.25, -0.2) is 0 Å². The Labute approximate surface area is 505 Å². The molecule has 2 aromatic rings. The largest absolute Gasteiger partial charge is 0.511 e. The predicted octanol–water partition coefficient (Wildman–Crippen LogP) is 9.40. The molecular weight excluding hydrogens is 1110 g/mol. The van der Waals surface area contributed by atoms with Gasteiger partial charge in [0.2, 0.25) is 5.79 Å². The molecule has 454 valence electrons. The molecule has 15 aliphatic rings. The van der Waals surface area contributed by atoms with Gasteiger partial charge in [-0.05, 0) is 195 Å². The number of carbonyl (C=O) groups is 3.